The highest BCUT2D eigenvalue weighted by Gasteiger charge is 2.20. The molecule has 0 fully saturated rings. The highest BCUT2D eigenvalue weighted by Crippen LogP contribution is 2.29. The van der Waals surface area contributed by atoms with E-state index >= 15 is 0 Å². The van der Waals surface area contributed by atoms with Gasteiger partial charge >= 0.3 is 0 Å². The zero-order valence-corrected chi connectivity index (χ0v) is 11.6. The van der Waals surface area contributed by atoms with E-state index in [0.29, 0.717) is 10.0 Å². The summed E-state index contributed by atoms with van der Waals surface area (Å²) >= 11 is 4.38. The van der Waals surface area contributed by atoms with E-state index < -0.39 is 6.04 Å². The van der Waals surface area contributed by atoms with Crippen LogP contribution in [0, 0.1) is 5.82 Å². The van der Waals surface area contributed by atoms with Crippen molar-refractivity contribution in [3.8, 4) is 0 Å². The van der Waals surface area contributed by atoms with E-state index in [0.717, 1.165) is 17.0 Å². The first kappa shape index (κ1) is 12.6. The lowest BCUT2D eigenvalue weighted by atomic mass is 10.0. The van der Waals surface area contributed by atoms with Crippen LogP contribution in [0.2, 0.25) is 0 Å². The molecule has 0 aliphatic heterocycles. The number of aromatic nitrogens is 2. The largest absolute Gasteiger partial charge is 0.319 e. The average Bonchev–Trinajstić information content (AvgIpc) is 2.80. The van der Waals surface area contributed by atoms with Gasteiger partial charge in [-0.25, -0.2) is 4.39 Å². The molecule has 2 aromatic rings. The van der Waals surface area contributed by atoms with E-state index in [-0.39, 0.29) is 5.82 Å². The van der Waals surface area contributed by atoms with Gasteiger partial charge in [0.2, 0.25) is 0 Å². The van der Waals surface area contributed by atoms with E-state index in [9.17, 15) is 4.39 Å². The molecule has 6 heteroatoms. The summed E-state index contributed by atoms with van der Waals surface area (Å²) in [4.78, 5) is 0.824. The van der Waals surface area contributed by atoms with Crippen LogP contribution in [0.15, 0.2) is 22.7 Å². The molecule has 17 heavy (non-hydrogen) atoms. The normalized spacial score (nSPS) is 12.7. The van der Waals surface area contributed by atoms with Crippen molar-refractivity contribution in [3.05, 3.63) is 44.6 Å². The van der Waals surface area contributed by atoms with Crippen molar-refractivity contribution in [2.75, 3.05) is 0 Å². The van der Waals surface area contributed by atoms with Crippen molar-refractivity contribution in [2.45, 2.75) is 19.4 Å². The van der Waals surface area contributed by atoms with Crippen molar-refractivity contribution in [1.82, 2.24) is 9.59 Å². The van der Waals surface area contributed by atoms with Gasteiger partial charge < -0.3 is 5.73 Å². The molecule has 1 unspecified atom stereocenters. The molecule has 0 aliphatic carbocycles. The van der Waals surface area contributed by atoms with Gasteiger partial charge in [-0.3, -0.25) is 0 Å². The van der Waals surface area contributed by atoms with E-state index in [1.165, 1.54) is 11.5 Å². The van der Waals surface area contributed by atoms with Crippen molar-refractivity contribution in [3.63, 3.8) is 0 Å². The number of rotatable bonds is 3. The number of benzene rings is 1. The fraction of sp³-hybridized carbons (Fsp3) is 0.273. The van der Waals surface area contributed by atoms with E-state index in [1.54, 1.807) is 18.2 Å². The molecule has 0 saturated heterocycles. The summed E-state index contributed by atoms with van der Waals surface area (Å²) in [5.74, 6) is -0.324. The van der Waals surface area contributed by atoms with Crippen molar-refractivity contribution in [1.29, 1.82) is 0 Å². The van der Waals surface area contributed by atoms with Crippen LogP contribution < -0.4 is 5.73 Å². The number of halogens is 2. The highest BCUT2D eigenvalue weighted by atomic mass is 79.9. The third-order valence-electron chi connectivity index (χ3n) is 2.52. The lowest BCUT2D eigenvalue weighted by molar-refractivity contribution is 0.594. The van der Waals surface area contributed by atoms with Crippen LogP contribution in [0.4, 0.5) is 4.39 Å². The third kappa shape index (κ3) is 2.38. The Bertz CT molecular complexity index is 529. The average molecular weight is 316 g/mol. The van der Waals surface area contributed by atoms with Gasteiger partial charge in [0.15, 0.2) is 0 Å². The summed E-state index contributed by atoms with van der Waals surface area (Å²) in [6.07, 6.45) is 0.745. The molecule has 0 aliphatic rings. The standard InChI is InChI=1S/C11H11BrFN3S/c1-2-8-11(17-16-15-8)10(14)6-4-3-5-7(12)9(6)13/h3-5,10H,2,14H2,1H3. The monoisotopic (exact) mass is 315 g/mol. The second kappa shape index (κ2) is 5.20. The minimum Gasteiger partial charge on any atom is -0.319 e. The summed E-state index contributed by atoms with van der Waals surface area (Å²) in [6.45, 7) is 1.98. The second-order valence-electron chi connectivity index (χ2n) is 3.56. The first-order valence-electron chi connectivity index (χ1n) is 5.15. The minimum atomic E-state index is -0.512. The van der Waals surface area contributed by atoms with Crippen molar-refractivity contribution in [2.24, 2.45) is 5.73 Å². The number of hydrogen-bond acceptors (Lipinski definition) is 4. The topological polar surface area (TPSA) is 51.8 Å². The quantitative estimate of drug-likeness (QED) is 0.947. The maximum absolute atomic E-state index is 13.9. The number of aryl methyl sites for hydroxylation is 1. The zero-order chi connectivity index (χ0) is 12.4. The molecular formula is C11H11BrFN3S. The molecule has 0 amide bonds. The Morgan fingerprint density at radius 1 is 1.53 bits per heavy atom. The van der Waals surface area contributed by atoms with Crippen LogP contribution in [0.1, 0.15) is 29.1 Å². The molecule has 2 N–H and O–H groups in total. The van der Waals surface area contributed by atoms with Gasteiger partial charge in [-0.2, -0.15) is 0 Å². The Morgan fingerprint density at radius 3 is 3.00 bits per heavy atom. The van der Waals surface area contributed by atoms with Gasteiger partial charge in [-0.1, -0.05) is 23.5 Å². The summed E-state index contributed by atoms with van der Waals surface area (Å²) in [7, 11) is 0. The van der Waals surface area contributed by atoms with Crippen molar-refractivity contribution < 1.29 is 4.39 Å². The van der Waals surface area contributed by atoms with E-state index in [4.69, 9.17) is 5.73 Å². The van der Waals surface area contributed by atoms with Gasteiger partial charge in [-0.05, 0) is 39.9 Å². The molecular weight excluding hydrogens is 305 g/mol. The molecule has 1 atom stereocenters. The Kier molecular flexibility index (Phi) is 3.86. The van der Waals surface area contributed by atoms with Crippen LogP contribution >= 0.6 is 27.5 Å². The SMILES string of the molecule is CCc1nnsc1C(N)c1cccc(Br)c1F. The summed E-state index contributed by atoms with van der Waals surface area (Å²) < 4.78 is 18.2. The Morgan fingerprint density at radius 2 is 2.29 bits per heavy atom. The summed E-state index contributed by atoms with van der Waals surface area (Å²) in [5, 5.41) is 3.99. The third-order valence-corrected chi connectivity index (χ3v) is 3.98. The second-order valence-corrected chi connectivity index (χ2v) is 5.20. The lowest BCUT2D eigenvalue weighted by Gasteiger charge is -2.12. The van der Waals surface area contributed by atoms with Gasteiger partial charge in [-0.15, -0.1) is 5.10 Å². The van der Waals surface area contributed by atoms with Crippen LogP contribution in [0.5, 0.6) is 0 Å². The number of hydrogen-bond donors (Lipinski definition) is 1. The zero-order valence-electron chi connectivity index (χ0n) is 9.15. The van der Waals surface area contributed by atoms with Gasteiger partial charge in [0.25, 0.3) is 0 Å². The molecule has 1 heterocycles. The molecule has 90 valence electrons. The predicted molar refractivity (Wildman–Crippen MR) is 69.4 cm³/mol. The lowest BCUT2D eigenvalue weighted by Crippen LogP contribution is -2.14. The minimum absolute atomic E-state index is 0.324. The van der Waals surface area contributed by atoms with Gasteiger partial charge in [0, 0.05) is 5.56 Å². The summed E-state index contributed by atoms with van der Waals surface area (Å²) in [6, 6.07) is 4.59. The van der Waals surface area contributed by atoms with Gasteiger partial charge in [0.1, 0.15) is 5.82 Å². The van der Waals surface area contributed by atoms with Crippen LogP contribution in [-0.2, 0) is 6.42 Å². The molecule has 0 spiro atoms. The first-order chi connectivity index (χ1) is 8.15. The van der Waals surface area contributed by atoms with Crippen molar-refractivity contribution >= 4 is 27.5 Å². The van der Waals surface area contributed by atoms with E-state index in [2.05, 4.69) is 25.5 Å². The number of nitrogens with zero attached hydrogens (tertiary/aromatic N) is 2. The smallest absolute Gasteiger partial charge is 0.142 e. The highest BCUT2D eigenvalue weighted by molar-refractivity contribution is 9.10. The maximum atomic E-state index is 13.9. The Labute approximate surface area is 111 Å². The number of nitrogens with two attached hydrogens (primary N) is 1. The Hall–Kier alpha value is -0.850. The first-order valence-corrected chi connectivity index (χ1v) is 6.72. The van der Waals surface area contributed by atoms with Crippen LogP contribution in [-0.4, -0.2) is 9.59 Å². The molecule has 0 radical (unpaired) electrons. The van der Waals surface area contributed by atoms with E-state index in [1.807, 2.05) is 6.92 Å². The molecule has 3 nitrogen and oxygen atoms in total. The fourth-order valence-corrected chi connectivity index (χ4v) is 2.74. The Balaban J connectivity index is 2.44. The molecule has 2 rings (SSSR count). The fourth-order valence-electron chi connectivity index (χ4n) is 1.60. The molecule has 0 bridgehead atoms. The van der Waals surface area contributed by atoms with Gasteiger partial charge in [0.05, 0.1) is 21.1 Å². The molecule has 1 aromatic carbocycles. The molecule has 1 aromatic heterocycles. The molecule has 0 saturated carbocycles. The maximum Gasteiger partial charge on any atom is 0.142 e. The van der Waals surface area contributed by atoms with Crippen LogP contribution in [0.25, 0.3) is 0 Å². The summed E-state index contributed by atoms with van der Waals surface area (Å²) in [5.41, 5.74) is 7.37. The van der Waals surface area contributed by atoms with Crippen LogP contribution in [0.3, 0.4) is 0 Å². The predicted octanol–water partition coefficient (Wildman–Crippen LogP) is 3.05.